The minimum atomic E-state index is -0.983. The summed E-state index contributed by atoms with van der Waals surface area (Å²) in [5.41, 5.74) is 0.203. The molecule has 0 aliphatic carbocycles. The highest BCUT2D eigenvalue weighted by molar-refractivity contribution is 6.07. The van der Waals surface area contributed by atoms with Crippen LogP contribution in [0, 0.1) is 5.92 Å². The Hall–Kier alpha value is -2.63. The Balaban J connectivity index is 1.70. The van der Waals surface area contributed by atoms with Crippen LogP contribution >= 0.6 is 0 Å². The maximum Gasteiger partial charge on any atom is 0.335 e. The molecule has 3 rings (SSSR count). The van der Waals surface area contributed by atoms with Crippen LogP contribution in [-0.4, -0.2) is 42.1 Å². The van der Waals surface area contributed by atoms with E-state index in [-0.39, 0.29) is 18.8 Å². The van der Waals surface area contributed by atoms with Gasteiger partial charge in [0.15, 0.2) is 0 Å². The Bertz CT molecular complexity index is 1010. The molecule has 3 aromatic carbocycles. The second-order valence-electron chi connectivity index (χ2n) is 8.06. The zero-order chi connectivity index (χ0) is 22.2. The van der Waals surface area contributed by atoms with Gasteiger partial charge in [-0.3, -0.25) is 0 Å². The van der Waals surface area contributed by atoms with E-state index in [1.54, 1.807) is 18.2 Å². The van der Waals surface area contributed by atoms with E-state index in [2.05, 4.69) is 13.8 Å². The Morgan fingerprint density at radius 1 is 0.968 bits per heavy atom. The molecular formula is C26H32O5. The van der Waals surface area contributed by atoms with Crippen molar-refractivity contribution in [3.8, 4) is 5.75 Å². The van der Waals surface area contributed by atoms with Gasteiger partial charge in [0, 0.05) is 17.4 Å². The van der Waals surface area contributed by atoms with E-state index >= 15 is 0 Å². The Morgan fingerprint density at radius 2 is 1.74 bits per heavy atom. The lowest BCUT2D eigenvalue weighted by atomic mass is 9.98. The Kier molecular flexibility index (Phi) is 8.27. The third-order valence-corrected chi connectivity index (χ3v) is 5.74. The van der Waals surface area contributed by atoms with Gasteiger partial charge in [-0.2, -0.15) is 0 Å². The molecule has 0 fully saturated rings. The van der Waals surface area contributed by atoms with Crippen molar-refractivity contribution in [3.63, 3.8) is 0 Å². The van der Waals surface area contributed by atoms with Gasteiger partial charge in [-0.05, 0) is 41.3 Å². The van der Waals surface area contributed by atoms with Crippen molar-refractivity contribution in [1.29, 1.82) is 0 Å². The van der Waals surface area contributed by atoms with Crippen molar-refractivity contribution < 1.29 is 24.5 Å². The summed E-state index contributed by atoms with van der Waals surface area (Å²) in [6.07, 6.45) is 3.78. The van der Waals surface area contributed by atoms with Gasteiger partial charge in [0.1, 0.15) is 18.5 Å². The fraction of sp³-hybridized carbons (Fsp3) is 0.423. The summed E-state index contributed by atoms with van der Waals surface area (Å²) < 4.78 is 11.7. The molecule has 0 aliphatic heterocycles. The summed E-state index contributed by atoms with van der Waals surface area (Å²) >= 11 is 0. The third kappa shape index (κ3) is 5.96. The lowest BCUT2D eigenvalue weighted by Gasteiger charge is -2.18. The predicted molar refractivity (Wildman–Crippen MR) is 124 cm³/mol. The summed E-state index contributed by atoms with van der Waals surface area (Å²) in [6, 6.07) is 14.8. The number of hydrogen-bond donors (Lipinski definition) is 2. The molecule has 0 amide bonds. The second-order valence-corrected chi connectivity index (χ2v) is 8.06. The molecule has 5 nitrogen and oxygen atoms in total. The number of hydrogen-bond acceptors (Lipinski definition) is 4. The van der Waals surface area contributed by atoms with E-state index in [0.29, 0.717) is 18.3 Å². The monoisotopic (exact) mass is 424 g/mol. The number of ether oxygens (including phenoxy) is 2. The van der Waals surface area contributed by atoms with Gasteiger partial charge in [0.25, 0.3) is 0 Å². The van der Waals surface area contributed by atoms with Gasteiger partial charge in [-0.25, -0.2) is 4.79 Å². The third-order valence-electron chi connectivity index (χ3n) is 5.74. The maximum absolute atomic E-state index is 11.4. The zero-order valence-electron chi connectivity index (χ0n) is 18.3. The fourth-order valence-electron chi connectivity index (χ4n) is 3.97. The van der Waals surface area contributed by atoms with Crippen LogP contribution < -0.4 is 4.74 Å². The molecule has 0 heterocycles. The molecule has 0 saturated carbocycles. The minimum absolute atomic E-state index is 0.0760. The van der Waals surface area contributed by atoms with Crippen LogP contribution in [0.3, 0.4) is 0 Å². The van der Waals surface area contributed by atoms with Gasteiger partial charge >= 0.3 is 5.97 Å². The average Bonchev–Trinajstić information content (AvgIpc) is 2.78. The van der Waals surface area contributed by atoms with Gasteiger partial charge < -0.3 is 19.7 Å². The van der Waals surface area contributed by atoms with E-state index in [4.69, 9.17) is 9.47 Å². The summed E-state index contributed by atoms with van der Waals surface area (Å²) in [5.74, 6) is 0.274. The zero-order valence-corrected chi connectivity index (χ0v) is 18.3. The lowest BCUT2D eigenvalue weighted by molar-refractivity contribution is 0.00841. The molecule has 2 unspecified atom stereocenters. The predicted octanol–water partition coefficient (Wildman–Crippen LogP) is 5.66. The van der Waals surface area contributed by atoms with Crippen molar-refractivity contribution in [2.45, 2.75) is 45.6 Å². The van der Waals surface area contributed by atoms with Gasteiger partial charge in [-0.15, -0.1) is 0 Å². The summed E-state index contributed by atoms with van der Waals surface area (Å²) in [4.78, 5) is 11.4. The smallest absolute Gasteiger partial charge is 0.335 e. The van der Waals surface area contributed by atoms with E-state index in [1.807, 2.05) is 30.3 Å². The number of benzene rings is 3. The Morgan fingerprint density at radius 3 is 2.48 bits per heavy atom. The number of aromatic carboxylic acids is 1. The van der Waals surface area contributed by atoms with Gasteiger partial charge in [0.2, 0.25) is 0 Å². The number of fused-ring (bicyclic) bond motifs is 2. The average molecular weight is 425 g/mol. The quantitative estimate of drug-likeness (QED) is 0.290. The Labute approximate surface area is 183 Å². The number of carboxylic acids is 1. The summed E-state index contributed by atoms with van der Waals surface area (Å²) in [7, 11) is 0. The molecule has 0 radical (unpaired) electrons. The first-order valence-electron chi connectivity index (χ1n) is 11.1. The maximum atomic E-state index is 11.4. The van der Waals surface area contributed by atoms with Gasteiger partial charge in [0.05, 0.1) is 12.2 Å². The molecule has 0 aromatic heterocycles. The van der Waals surface area contributed by atoms with E-state index in [9.17, 15) is 15.0 Å². The normalized spacial score (nSPS) is 13.4. The van der Waals surface area contributed by atoms with E-state index in [0.717, 1.165) is 34.4 Å². The van der Waals surface area contributed by atoms with Crippen molar-refractivity contribution in [2.75, 3.05) is 19.8 Å². The molecule has 0 spiro atoms. The van der Waals surface area contributed by atoms with Crippen molar-refractivity contribution in [2.24, 2.45) is 5.92 Å². The largest absolute Gasteiger partial charge is 0.489 e. The molecule has 2 N–H and O–H groups in total. The highest BCUT2D eigenvalue weighted by Crippen LogP contribution is 2.35. The highest BCUT2D eigenvalue weighted by atomic mass is 16.5. The molecule has 0 saturated heterocycles. The molecule has 166 valence electrons. The highest BCUT2D eigenvalue weighted by Gasteiger charge is 2.14. The first kappa shape index (κ1) is 23.0. The molecule has 0 bridgehead atoms. The molecule has 0 aliphatic rings. The lowest BCUT2D eigenvalue weighted by Crippen LogP contribution is -2.24. The molecule has 2 atom stereocenters. The number of aliphatic hydroxyl groups excluding tert-OH is 1. The number of aliphatic hydroxyl groups is 1. The summed E-state index contributed by atoms with van der Waals surface area (Å²) in [6.45, 7) is 5.32. The van der Waals surface area contributed by atoms with Crippen molar-refractivity contribution >= 4 is 27.5 Å². The minimum Gasteiger partial charge on any atom is -0.489 e. The van der Waals surface area contributed by atoms with Crippen LogP contribution in [0.5, 0.6) is 5.75 Å². The van der Waals surface area contributed by atoms with Crippen LogP contribution in [0.15, 0.2) is 48.5 Å². The topological polar surface area (TPSA) is 76.0 Å². The van der Waals surface area contributed by atoms with Crippen LogP contribution in [0.4, 0.5) is 0 Å². The van der Waals surface area contributed by atoms with Crippen LogP contribution in [-0.2, 0) is 4.74 Å². The van der Waals surface area contributed by atoms with E-state index in [1.165, 1.54) is 12.8 Å². The number of carboxylic acid groups (broad SMARTS) is 1. The first-order chi connectivity index (χ1) is 15.0. The van der Waals surface area contributed by atoms with Gasteiger partial charge in [-0.1, -0.05) is 63.4 Å². The molecule has 31 heavy (non-hydrogen) atoms. The summed E-state index contributed by atoms with van der Waals surface area (Å²) in [5, 5.41) is 23.3. The molecular weight excluding hydrogens is 392 g/mol. The first-order valence-corrected chi connectivity index (χ1v) is 11.1. The molecule has 5 heteroatoms. The molecule has 3 aromatic rings. The van der Waals surface area contributed by atoms with Crippen molar-refractivity contribution in [1.82, 2.24) is 0 Å². The van der Waals surface area contributed by atoms with Crippen LogP contribution in [0.25, 0.3) is 21.5 Å². The number of rotatable bonds is 12. The second kappa shape index (κ2) is 11.1. The SMILES string of the molecule is CCCC(CC)CCOCC(O)COc1c2ccccc2cc2ccc(C(=O)O)cc12. The van der Waals surface area contributed by atoms with Crippen LogP contribution in [0.2, 0.25) is 0 Å². The number of carbonyl (C=O) groups is 1. The standard InChI is InChI=1S/C26H32O5/c1-3-7-18(4-2)12-13-30-16-22(27)17-31-25-23-9-6-5-8-19(23)14-20-10-11-21(26(28)29)15-24(20)25/h5-6,8-11,14-15,18,22,27H,3-4,7,12-13,16-17H2,1-2H3,(H,28,29). The van der Waals surface area contributed by atoms with Crippen molar-refractivity contribution in [3.05, 3.63) is 54.1 Å². The van der Waals surface area contributed by atoms with E-state index < -0.39 is 12.1 Å². The fourth-order valence-corrected chi connectivity index (χ4v) is 3.97. The van der Waals surface area contributed by atoms with Crippen LogP contribution in [0.1, 0.15) is 49.9 Å².